The number of hydrogen-bond donors (Lipinski definition) is 1. The van der Waals surface area contributed by atoms with E-state index >= 15 is 0 Å². The van der Waals surface area contributed by atoms with Crippen LogP contribution in [0.25, 0.3) is 17.1 Å². The predicted octanol–water partition coefficient (Wildman–Crippen LogP) is 2.26. The zero-order valence-electron chi connectivity index (χ0n) is 18.6. The second-order valence-electron chi connectivity index (χ2n) is 8.83. The molecule has 174 valence electrons. The lowest BCUT2D eigenvalue weighted by atomic mass is 9.93. The molecule has 0 radical (unpaired) electrons. The molecular weight excluding hydrogens is 446 g/mol. The lowest BCUT2D eigenvalue weighted by Crippen LogP contribution is -2.66. The molecule has 1 fully saturated rings. The van der Waals surface area contributed by atoms with Gasteiger partial charge in [-0.2, -0.15) is 0 Å². The number of fused-ring (bicyclic) bond motifs is 7. The molecule has 0 spiro atoms. The average Bonchev–Trinajstić information content (AvgIpc) is 3.34. The number of benzene rings is 2. The molecule has 1 amide bonds. The second-order valence-corrected chi connectivity index (χ2v) is 8.83. The highest BCUT2D eigenvalue weighted by Gasteiger charge is 2.46. The van der Waals surface area contributed by atoms with Gasteiger partial charge in [0.15, 0.2) is 11.4 Å². The molecule has 2 atom stereocenters. The Kier molecular flexibility index (Phi) is 4.19. The van der Waals surface area contributed by atoms with E-state index in [4.69, 9.17) is 4.74 Å². The number of imidazole rings is 1. The normalized spacial score (nSPS) is 20.3. The van der Waals surface area contributed by atoms with E-state index < -0.39 is 17.3 Å². The fourth-order valence-electron chi connectivity index (χ4n) is 5.56. The summed E-state index contributed by atoms with van der Waals surface area (Å²) in [6.07, 6.45) is 4.86. The van der Waals surface area contributed by atoms with E-state index in [9.17, 15) is 14.7 Å². The summed E-state index contributed by atoms with van der Waals surface area (Å²) in [4.78, 5) is 32.2. The average molecular weight is 467 g/mol. The zero-order valence-corrected chi connectivity index (χ0v) is 18.6. The van der Waals surface area contributed by atoms with Gasteiger partial charge < -0.3 is 14.7 Å². The van der Waals surface area contributed by atoms with Crippen molar-refractivity contribution in [1.29, 1.82) is 0 Å². The first-order chi connectivity index (χ1) is 17.1. The number of para-hydroxylation sites is 1. The molecule has 35 heavy (non-hydrogen) atoms. The molecule has 3 aliphatic heterocycles. The lowest BCUT2D eigenvalue weighted by Gasteiger charge is -2.51. The third kappa shape index (κ3) is 2.69. The van der Waals surface area contributed by atoms with Gasteiger partial charge in [0.1, 0.15) is 18.0 Å². The van der Waals surface area contributed by atoms with Crippen LogP contribution in [0.3, 0.4) is 0 Å². The maximum absolute atomic E-state index is 13.5. The monoisotopic (exact) mass is 467 g/mol. The molecule has 5 heterocycles. The Bertz CT molecular complexity index is 1500. The van der Waals surface area contributed by atoms with Gasteiger partial charge in [0.05, 0.1) is 18.9 Å². The van der Waals surface area contributed by atoms with Crippen LogP contribution in [0.15, 0.2) is 78.0 Å². The van der Waals surface area contributed by atoms with Gasteiger partial charge in [0.2, 0.25) is 5.43 Å². The van der Waals surface area contributed by atoms with Gasteiger partial charge >= 0.3 is 0 Å². The van der Waals surface area contributed by atoms with Crippen molar-refractivity contribution in [2.75, 3.05) is 24.8 Å². The number of aromatic hydroxyl groups is 1. The van der Waals surface area contributed by atoms with Crippen molar-refractivity contribution < 1.29 is 14.6 Å². The molecule has 2 aromatic carbocycles. The summed E-state index contributed by atoms with van der Waals surface area (Å²) in [6, 6.07) is 17.1. The van der Waals surface area contributed by atoms with Crippen LogP contribution in [0.4, 0.5) is 0 Å². The number of carbonyl (C=O) groups is 1. The van der Waals surface area contributed by atoms with Crippen LogP contribution >= 0.6 is 0 Å². The Balaban J connectivity index is 1.57. The van der Waals surface area contributed by atoms with Gasteiger partial charge in [-0.05, 0) is 11.6 Å². The fraction of sp³-hybridized carbons (Fsp3) is 0.192. The molecule has 1 N–H and O–H groups in total. The molecule has 7 rings (SSSR count). The lowest BCUT2D eigenvalue weighted by molar-refractivity contribution is -0.0196. The van der Waals surface area contributed by atoms with Crippen LogP contribution in [-0.4, -0.2) is 56.1 Å². The van der Waals surface area contributed by atoms with Crippen LogP contribution in [0.1, 0.15) is 27.7 Å². The zero-order chi connectivity index (χ0) is 23.7. The highest BCUT2D eigenvalue weighted by atomic mass is 16.5. The largest absolute Gasteiger partial charge is 0.502 e. The minimum absolute atomic E-state index is 0.0346. The number of ether oxygens (including phenoxy) is 1. The van der Waals surface area contributed by atoms with E-state index in [2.05, 4.69) is 21.7 Å². The number of hydrogen-bond acceptors (Lipinski definition) is 6. The third-order valence-corrected chi connectivity index (χ3v) is 7.07. The maximum Gasteiger partial charge on any atom is 0.278 e. The van der Waals surface area contributed by atoms with Gasteiger partial charge in [-0.1, -0.05) is 42.5 Å². The number of rotatable bonds is 1. The van der Waals surface area contributed by atoms with Gasteiger partial charge in [-0.15, -0.1) is 0 Å². The second kappa shape index (κ2) is 7.31. The summed E-state index contributed by atoms with van der Waals surface area (Å²) >= 11 is 0. The summed E-state index contributed by atoms with van der Waals surface area (Å²) in [6.45, 7) is 1.05. The summed E-state index contributed by atoms with van der Waals surface area (Å²) in [5.74, 6) is -0.105. The van der Waals surface area contributed by atoms with Crippen LogP contribution < -0.4 is 10.4 Å². The summed E-state index contributed by atoms with van der Waals surface area (Å²) in [5.41, 5.74) is 3.30. The third-order valence-electron chi connectivity index (χ3n) is 7.07. The number of carbonyl (C=O) groups excluding carboxylic acids is 1. The minimum atomic E-state index is -0.585. The van der Waals surface area contributed by atoms with Gasteiger partial charge in [0.25, 0.3) is 5.91 Å². The molecule has 9 nitrogen and oxygen atoms in total. The molecule has 3 aliphatic rings. The Morgan fingerprint density at radius 2 is 1.77 bits per heavy atom. The first-order valence-electron chi connectivity index (χ1n) is 11.5. The number of nitrogens with zero attached hydrogens (tertiary/aromatic N) is 5. The Labute approximate surface area is 200 Å². The molecule has 9 heteroatoms. The summed E-state index contributed by atoms with van der Waals surface area (Å²) in [7, 11) is 0. The Morgan fingerprint density at radius 1 is 0.971 bits per heavy atom. The van der Waals surface area contributed by atoms with Crippen LogP contribution in [0, 0.1) is 0 Å². The molecule has 1 saturated heterocycles. The van der Waals surface area contributed by atoms with Gasteiger partial charge in [-0.3, -0.25) is 23.8 Å². The molecule has 0 saturated carbocycles. The Morgan fingerprint density at radius 3 is 2.66 bits per heavy atom. The van der Waals surface area contributed by atoms with E-state index in [1.807, 2.05) is 47.6 Å². The van der Waals surface area contributed by atoms with E-state index in [-0.39, 0.29) is 17.6 Å². The van der Waals surface area contributed by atoms with E-state index in [1.54, 1.807) is 22.0 Å². The number of pyridine rings is 1. The number of morpholine rings is 1. The van der Waals surface area contributed by atoms with Gasteiger partial charge in [0, 0.05) is 42.3 Å². The molecule has 2 aromatic heterocycles. The smallest absolute Gasteiger partial charge is 0.278 e. The molecule has 0 bridgehead atoms. The number of aromatic nitrogens is 3. The van der Waals surface area contributed by atoms with E-state index in [0.29, 0.717) is 19.8 Å². The van der Waals surface area contributed by atoms with Crippen molar-refractivity contribution in [3.8, 4) is 22.8 Å². The highest BCUT2D eigenvalue weighted by Crippen LogP contribution is 2.43. The fourth-order valence-corrected chi connectivity index (χ4v) is 5.56. The predicted molar refractivity (Wildman–Crippen MR) is 127 cm³/mol. The van der Waals surface area contributed by atoms with Crippen molar-refractivity contribution in [2.45, 2.75) is 12.2 Å². The van der Waals surface area contributed by atoms with Crippen molar-refractivity contribution in [3.63, 3.8) is 0 Å². The standard InChI is InChI=1S/C26H21N5O4/c32-20-9-11-30-23(24(20)33)26(34)29-13-14-35-15-21(29)31(30)22-16-5-1-2-6-17(16)25-27-10-12-28(25)19-8-4-3-7-18(19)22/h1-12,21-22,33H,13-15H2/t21-,22+/m1/s1. The van der Waals surface area contributed by atoms with E-state index in [1.165, 1.54) is 6.07 Å². The molecule has 0 unspecified atom stereocenters. The van der Waals surface area contributed by atoms with Crippen molar-refractivity contribution in [2.24, 2.45) is 0 Å². The van der Waals surface area contributed by atoms with Crippen LogP contribution in [0.2, 0.25) is 0 Å². The SMILES string of the molecule is O=C1c2c(O)c(=O)ccn2N([C@H]2c3ccccc3-c3nccn3-c3ccccc32)[C@@H]2COCCN12. The summed E-state index contributed by atoms with van der Waals surface area (Å²) < 4.78 is 9.54. The van der Waals surface area contributed by atoms with Crippen LogP contribution in [0.5, 0.6) is 5.75 Å². The first-order valence-corrected chi connectivity index (χ1v) is 11.5. The van der Waals surface area contributed by atoms with Crippen molar-refractivity contribution >= 4 is 5.91 Å². The van der Waals surface area contributed by atoms with Crippen molar-refractivity contribution in [3.05, 3.63) is 100 Å². The quantitative estimate of drug-likeness (QED) is 0.462. The first kappa shape index (κ1) is 20.0. The van der Waals surface area contributed by atoms with E-state index in [0.717, 1.165) is 28.2 Å². The topological polar surface area (TPSA) is 92.8 Å². The maximum atomic E-state index is 13.5. The molecule has 4 aromatic rings. The number of amides is 1. The molecular formula is C26H21N5O4. The van der Waals surface area contributed by atoms with Gasteiger partial charge in [-0.25, -0.2) is 4.98 Å². The minimum Gasteiger partial charge on any atom is -0.502 e. The van der Waals surface area contributed by atoms with Crippen molar-refractivity contribution in [1.82, 2.24) is 19.1 Å². The highest BCUT2D eigenvalue weighted by molar-refractivity contribution is 5.96. The Hall–Kier alpha value is -4.37. The summed E-state index contributed by atoms with van der Waals surface area (Å²) in [5, 5.41) is 12.8. The molecule has 0 aliphatic carbocycles. The van der Waals surface area contributed by atoms with Crippen LogP contribution in [-0.2, 0) is 4.74 Å².